The highest BCUT2D eigenvalue weighted by Crippen LogP contribution is 2.28. The molecular formula is C17H19N3O5S4. The predicted molar refractivity (Wildman–Crippen MR) is 115 cm³/mol. The summed E-state index contributed by atoms with van der Waals surface area (Å²) in [6.45, 7) is 3.56. The van der Waals surface area contributed by atoms with Crippen molar-refractivity contribution in [3.63, 3.8) is 0 Å². The Bertz CT molecular complexity index is 1180. The standard InChI is InChI=1S/C17H19N3O5S4/c1-3-28(21,22)11-10-25-13-5-7-14(8-6-13)29(23,24)20-17-18-16(19-27-17)15-9-4-12(2)26-15/h4-9H,3,10-11H2,1-2H3,(H,18,19,20). The number of rotatable bonds is 9. The second kappa shape index (κ2) is 8.78. The minimum atomic E-state index is -3.83. The molecule has 0 amide bonds. The van der Waals surface area contributed by atoms with Crippen molar-refractivity contribution < 1.29 is 21.6 Å². The molecule has 3 rings (SSSR count). The maximum atomic E-state index is 12.6. The SMILES string of the molecule is CCS(=O)(=O)CCOc1ccc(S(=O)(=O)Nc2nc(-c3ccc(C)s3)ns2)cc1. The topological polar surface area (TPSA) is 115 Å². The number of anilines is 1. The van der Waals surface area contributed by atoms with Gasteiger partial charge in [0, 0.05) is 22.2 Å². The molecule has 0 spiro atoms. The number of thiophene rings is 1. The molecule has 1 N–H and O–H groups in total. The van der Waals surface area contributed by atoms with Crippen LogP contribution in [0.15, 0.2) is 41.3 Å². The van der Waals surface area contributed by atoms with Crippen LogP contribution >= 0.6 is 22.9 Å². The van der Waals surface area contributed by atoms with Gasteiger partial charge in [-0.25, -0.2) is 16.8 Å². The molecular weight excluding hydrogens is 454 g/mol. The van der Waals surface area contributed by atoms with Gasteiger partial charge in [-0.3, -0.25) is 4.72 Å². The Hall–Kier alpha value is -2.02. The lowest BCUT2D eigenvalue weighted by molar-refractivity contribution is 0.340. The van der Waals surface area contributed by atoms with E-state index >= 15 is 0 Å². The number of sulfonamides is 1. The maximum absolute atomic E-state index is 12.6. The smallest absolute Gasteiger partial charge is 0.263 e. The van der Waals surface area contributed by atoms with E-state index in [2.05, 4.69) is 14.1 Å². The van der Waals surface area contributed by atoms with Crippen LogP contribution in [0.5, 0.6) is 5.75 Å². The summed E-state index contributed by atoms with van der Waals surface area (Å²) < 4.78 is 60.0. The molecule has 3 aromatic rings. The number of hydrogen-bond acceptors (Lipinski definition) is 9. The van der Waals surface area contributed by atoms with Crippen molar-refractivity contribution in [2.24, 2.45) is 0 Å². The van der Waals surface area contributed by atoms with Gasteiger partial charge in [0.05, 0.1) is 15.5 Å². The second-order valence-electron chi connectivity index (χ2n) is 6.00. The van der Waals surface area contributed by atoms with Gasteiger partial charge in [-0.2, -0.15) is 9.36 Å². The lowest BCUT2D eigenvalue weighted by atomic mass is 10.3. The average molecular weight is 474 g/mol. The number of aromatic nitrogens is 2. The molecule has 12 heteroatoms. The number of nitrogens with zero attached hydrogens (tertiary/aromatic N) is 2. The Morgan fingerprint density at radius 2 is 1.79 bits per heavy atom. The molecule has 2 aromatic heterocycles. The Kier molecular flexibility index (Phi) is 6.56. The van der Waals surface area contributed by atoms with Gasteiger partial charge in [0.15, 0.2) is 15.7 Å². The largest absolute Gasteiger partial charge is 0.493 e. The van der Waals surface area contributed by atoms with Crippen LogP contribution in [0.2, 0.25) is 0 Å². The summed E-state index contributed by atoms with van der Waals surface area (Å²) >= 11 is 2.50. The van der Waals surface area contributed by atoms with Crippen LogP contribution in [0.4, 0.5) is 5.13 Å². The van der Waals surface area contributed by atoms with Gasteiger partial charge in [-0.1, -0.05) is 6.92 Å². The van der Waals surface area contributed by atoms with Crippen molar-refractivity contribution >= 4 is 47.9 Å². The molecule has 0 atom stereocenters. The van der Waals surface area contributed by atoms with Gasteiger partial charge >= 0.3 is 0 Å². The zero-order valence-electron chi connectivity index (χ0n) is 15.7. The molecule has 0 aliphatic heterocycles. The molecule has 156 valence electrons. The lowest BCUT2D eigenvalue weighted by Crippen LogP contribution is -2.15. The van der Waals surface area contributed by atoms with Crippen molar-refractivity contribution in [1.29, 1.82) is 0 Å². The molecule has 29 heavy (non-hydrogen) atoms. The minimum absolute atomic E-state index is 0.0102. The first kappa shape index (κ1) is 21.7. The summed E-state index contributed by atoms with van der Waals surface area (Å²) in [5, 5.41) is 0.177. The number of benzene rings is 1. The van der Waals surface area contributed by atoms with Crippen LogP contribution in [0.1, 0.15) is 11.8 Å². The summed E-state index contributed by atoms with van der Waals surface area (Å²) in [7, 11) is -6.95. The van der Waals surface area contributed by atoms with Gasteiger partial charge in [-0.05, 0) is 43.3 Å². The Morgan fingerprint density at radius 3 is 2.41 bits per heavy atom. The van der Waals surface area contributed by atoms with E-state index in [1.54, 1.807) is 6.92 Å². The molecule has 0 radical (unpaired) electrons. The third-order valence-corrected chi connectivity index (χ3v) is 8.62. The van der Waals surface area contributed by atoms with E-state index in [1.165, 1.54) is 35.6 Å². The summed E-state index contributed by atoms with van der Waals surface area (Å²) in [5.74, 6) is 0.838. The van der Waals surface area contributed by atoms with Crippen LogP contribution in [0, 0.1) is 6.92 Å². The normalized spacial score (nSPS) is 12.1. The predicted octanol–water partition coefficient (Wildman–Crippen LogP) is 3.19. The van der Waals surface area contributed by atoms with Crippen LogP contribution in [0.25, 0.3) is 10.7 Å². The molecule has 0 bridgehead atoms. The molecule has 0 saturated carbocycles. The van der Waals surface area contributed by atoms with E-state index in [-0.39, 0.29) is 28.1 Å². The fourth-order valence-corrected chi connectivity index (χ4v) is 5.53. The van der Waals surface area contributed by atoms with Crippen molar-refractivity contribution in [3.05, 3.63) is 41.3 Å². The quantitative estimate of drug-likeness (QED) is 0.507. The van der Waals surface area contributed by atoms with Crippen molar-refractivity contribution in [2.75, 3.05) is 22.8 Å². The van der Waals surface area contributed by atoms with Crippen LogP contribution in [0.3, 0.4) is 0 Å². The Balaban J connectivity index is 1.64. The first-order valence-corrected chi connectivity index (χ1v) is 13.4. The first-order chi connectivity index (χ1) is 13.7. The maximum Gasteiger partial charge on any atom is 0.263 e. The van der Waals surface area contributed by atoms with E-state index in [4.69, 9.17) is 4.74 Å². The highest BCUT2D eigenvalue weighted by molar-refractivity contribution is 7.93. The first-order valence-electron chi connectivity index (χ1n) is 8.55. The number of ether oxygens (including phenoxy) is 1. The van der Waals surface area contributed by atoms with Gasteiger partial charge in [0.2, 0.25) is 5.13 Å². The van der Waals surface area contributed by atoms with Crippen LogP contribution in [-0.4, -0.2) is 44.3 Å². The molecule has 2 heterocycles. The molecule has 1 aromatic carbocycles. The van der Waals surface area contributed by atoms with Crippen molar-refractivity contribution in [1.82, 2.24) is 9.36 Å². The van der Waals surface area contributed by atoms with Gasteiger partial charge < -0.3 is 4.74 Å². The van der Waals surface area contributed by atoms with Crippen molar-refractivity contribution in [2.45, 2.75) is 18.7 Å². The fourth-order valence-electron chi connectivity index (χ4n) is 2.24. The highest BCUT2D eigenvalue weighted by atomic mass is 32.2. The van der Waals surface area contributed by atoms with E-state index in [0.29, 0.717) is 11.6 Å². The number of hydrogen-bond donors (Lipinski definition) is 1. The third kappa shape index (κ3) is 5.75. The molecule has 0 fully saturated rings. The highest BCUT2D eigenvalue weighted by Gasteiger charge is 2.18. The Labute approximate surface area is 177 Å². The fraction of sp³-hybridized carbons (Fsp3) is 0.294. The van der Waals surface area contributed by atoms with Crippen LogP contribution < -0.4 is 9.46 Å². The molecule has 0 aliphatic rings. The Morgan fingerprint density at radius 1 is 1.07 bits per heavy atom. The number of nitrogens with one attached hydrogen (secondary N) is 1. The summed E-state index contributed by atoms with van der Waals surface area (Å²) in [6.07, 6.45) is 0. The second-order valence-corrected chi connectivity index (χ2v) is 12.2. The van der Waals surface area contributed by atoms with E-state index in [1.807, 2.05) is 19.1 Å². The zero-order valence-corrected chi connectivity index (χ0v) is 18.9. The summed E-state index contributed by atoms with van der Waals surface area (Å²) in [5.41, 5.74) is 0. The summed E-state index contributed by atoms with van der Waals surface area (Å²) in [6, 6.07) is 9.57. The monoisotopic (exact) mass is 473 g/mol. The van der Waals surface area contributed by atoms with E-state index in [9.17, 15) is 16.8 Å². The molecule has 0 unspecified atom stereocenters. The molecule has 0 aliphatic carbocycles. The number of aryl methyl sites for hydroxylation is 1. The summed E-state index contributed by atoms with van der Waals surface area (Å²) in [4.78, 5) is 6.26. The molecule has 8 nitrogen and oxygen atoms in total. The lowest BCUT2D eigenvalue weighted by Gasteiger charge is -2.08. The minimum Gasteiger partial charge on any atom is -0.493 e. The third-order valence-electron chi connectivity index (χ3n) is 3.85. The number of sulfone groups is 1. The van der Waals surface area contributed by atoms with Gasteiger partial charge in [0.1, 0.15) is 12.4 Å². The van der Waals surface area contributed by atoms with Crippen LogP contribution in [-0.2, 0) is 19.9 Å². The zero-order chi connectivity index (χ0) is 21.1. The van der Waals surface area contributed by atoms with E-state index < -0.39 is 19.9 Å². The van der Waals surface area contributed by atoms with Gasteiger partial charge in [-0.15, -0.1) is 11.3 Å². The average Bonchev–Trinajstić information content (AvgIpc) is 3.30. The molecule has 0 saturated heterocycles. The van der Waals surface area contributed by atoms with Gasteiger partial charge in [0.25, 0.3) is 10.0 Å². The van der Waals surface area contributed by atoms with E-state index in [0.717, 1.165) is 21.3 Å². The van der Waals surface area contributed by atoms with Crippen molar-refractivity contribution in [3.8, 4) is 16.5 Å².